The first-order valence-corrected chi connectivity index (χ1v) is 6.48. The van der Waals surface area contributed by atoms with Crippen molar-refractivity contribution < 1.29 is 14.3 Å². The molecule has 0 aromatic heterocycles. The first-order valence-electron chi connectivity index (χ1n) is 6.48. The van der Waals surface area contributed by atoms with Crippen LogP contribution in [0.25, 0.3) is 0 Å². The Hall–Kier alpha value is -0.450. The molecule has 1 unspecified atom stereocenters. The number of carbonyl (C=O) groups excluding carboxylic acids is 1. The van der Waals surface area contributed by atoms with Crippen LogP contribution in [0.4, 0.5) is 0 Å². The van der Waals surface area contributed by atoms with Gasteiger partial charge in [-0.3, -0.25) is 4.79 Å². The molecule has 98 valence electrons. The lowest BCUT2D eigenvalue weighted by Crippen LogP contribution is -2.51. The molecule has 17 heavy (non-hydrogen) atoms. The van der Waals surface area contributed by atoms with Crippen LogP contribution in [-0.4, -0.2) is 36.7 Å². The second-order valence-corrected chi connectivity index (χ2v) is 5.92. The van der Waals surface area contributed by atoms with E-state index < -0.39 is 5.54 Å². The maximum atomic E-state index is 12.2. The van der Waals surface area contributed by atoms with Crippen molar-refractivity contribution in [2.24, 2.45) is 11.7 Å². The van der Waals surface area contributed by atoms with Gasteiger partial charge in [0.2, 0.25) is 0 Å². The minimum atomic E-state index is -0.728. The van der Waals surface area contributed by atoms with Gasteiger partial charge in [-0.25, -0.2) is 0 Å². The van der Waals surface area contributed by atoms with Gasteiger partial charge < -0.3 is 15.2 Å². The molecule has 4 heteroatoms. The molecule has 2 aliphatic heterocycles. The molecule has 0 saturated carbocycles. The van der Waals surface area contributed by atoms with Gasteiger partial charge in [0.25, 0.3) is 0 Å². The molecule has 1 spiro atoms. The lowest BCUT2D eigenvalue weighted by molar-refractivity contribution is -0.159. The molecule has 0 aromatic carbocycles. The zero-order chi connectivity index (χ0) is 12.5. The Morgan fingerprint density at radius 1 is 1.29 bits per heavy atom. The molecule has 0 amide bonds. The van der Waals surface area contributed by atoms with Gasteiger partial charge in [-0.05, 0) is 39.5 Å². The van der Waals surface area contributed by atoms with Gasteiger partial charge in [-0.15, -0.1) is 0 Å². The van der Waals surface area contributed by atoms with Crippen molar-refractivity contribution in [1.29, 1.82) is 0 Å². The van der Waals surface area contributed by atoms with Gasteiger partial charge in [-0.1, -0.05) is 0 Å². The third kappa shape index (κ3) is 2.87. The van der Waals surface area contributed by atoms with Crippen LogP contribution in [0.1, 0.15) is 39.5 Å². The standard InChI is InChI=1S/C13H23NO3/c1-12(2,14)11(15)10-3-6-17-13(9-10)4-7-16-8-5-13/h10H,3-9,14H2,1-2H3. The number of hydrogen-bond donors (Lipinski definition) is 1. The van der Waals surface area contributed by atoms with Gasteiger partial charge >= 0.3 is 0 Å². The van der Waals surface area contributed by atoms with Crippen molar-refractivity contribution in [3.8, 4) is 0 Å². The summed E-state index contributed by atoms with van der Waals surface area (Å²) in [5, 5.41) is 0. The van der Waals surface area contributed by atoms with E-state index in [9.17, 15) is 4.79 Å². The van der Waals surface area contributed by atoms with Crippen LogP contribution in [0.5, 0.6) is 0 Å². The molecule has 2 saturated heterocycles. The summed E-state index contributed by atoms with van der Waals surface area (Å²) in [6.07, 6.45) is 3.43. The van der Waals surface area contributed by atoms with E-state index in [4.69, 9.17) is 15.2 Å². The number of Topliss-reactive ketones (excluding diaryl/α,β-unsaturated/α-hetero) is 1. The molecular formula is C13H23NO3. The largest absolute Gasteiger partial charge is 0.381 e. The van der Waals surface area contributed by atoms with E-state index >= 15 is 0 Å². The Morgan fingerprint density at radius 2 is 1.94 bits per heavy atom. The Kier molecular flexibility index (Phi) is 3.57. The second-order valence-electron chi connectivity index (χ2n) is 5.92. The molecule has 0 radical (unpaired) electrons. The summed E-state index contributed by atoms with van der Waals surface area (Å²) >= 11 is 0. The van der Waals surface area contributed by atoms with Crippen LogP contribution in [0, 0.1) is 5.92 Å². The van der Waals surface area contributed by atoms with Crippen LogP contribution in [0.3, 0.4) is 0 Å². The molecular weight excluding hydrogens is 218 g/mol. The normalized spacial score (nSPS) is 29.2. The minimum absolute atomic E-state index is 0.0573. The summed E-state index contributed by atoms with van der Waals surface area (Å²) in [6, 6.07) is 0. The van der Waals surface area contributed by atoms with Crippen molar-refractivity contribution in [2.45, 2.75) is 50.7 Å². The molecule has 0 bridgehead atoms. The summed E-state index contributed by atoms with van der Waals surface area (Å²) < 4.78 is 11.3. The Labute approximate surface area is 103 Å². The van der Waals surface area contributed by atoms with Gasteiger partial charge in [0.05, 0.1) is 11.1 Å². The number of carbonyl (C=O) groups is 1. The summed E-state index contributed by atoms with van der Waals surface area (Å²) in [5.74, 6) is 0.230. The smallest absolute Gasteiger partial charge is 0.155 e. The van der Waals surface area contributed by atoms with Crippen molar-refractivity contribution in [2.75, 3.05) is 19.8 Å². The summed E-state index contributed by atoms with van der Waals surface area (Å²) in [5.41, 5.74) is 5.06. The molecule has 2 aliphatic rings. The maximum absolute atomic E-state index is 12.2. The maximum Gasteiger partial charge on any atom is 0.155 e. The van der Waals surface area contributed by atoms with E-state index in [1.165, 1.54) is 0 Å². The van der Waals surface area contributed by atoms with E-state index in [0.29, 0.717) is 6.61 Å². The summed E-state index contributed by atoms with van der Waals surface area (Å²) in [6.45, 7) is 5.75. The van der Waals surface area contributed by atoms with E-state index in [-0.39, 0.29) is 17.3 Å². The van der Waals surface area contributed by atoms with Crippen LogP contribution < -0.4 is 5.73 Å². The highest BCUT2D eigenvalue weighted by Gasteiger charge is 2.43. The highest BCUT2D eigenvalue weighted by atomic mass is 16.5. The number of hydrogen-bond acceptors (Lipinski definition) is 4. The van der Waals surface area contributed by atoms with E-state index in [2.05, 4.69) is 0 Å². The van der Waals surface area contributed by atoms with Crippen LogP contribution in [0.2, 0.25) is 0 Å². The summed E-state index contributed by atoms with van der Waals surface area (Å²) in [4.78, 5) is 12.2. The summed E-state index contributed by atoms with van der Waals surface area (Å²) in [7, 11) is 0. The van der Waals surface area contributed by atoms with Gasteiger partial charge in [-0.2, -0.15) is 0 Å². The zero-order valence-electron chi connectivity index (χ0n) is 10.8. The van der Waals surface area contributed by atoms with Crippen LogP contribution >= 0.6 is 0 Å². The van der Waals surface area contributed by atoms with Crippen molar-refractivity contribution in [3.05, 3.63) is 0 Å². The average Bonchev–Trinajstić information content (AvgIpc) is 2.28. The van der Waals surface area contributed by atoms with Crippen molar-refractivity contribution >= 4 is 5.78 Å². The average molecular weight is 241 g/mol. The zero-order valence-corrected chi connectivity index (χ0v) is 10.8. The second kappa shape index (κ2) is 4.67. The monoisotopic (exact) mass is 241 g/mol. The SMILES string of the molecule is CC(C)(N)C(=O)C1CCOC2(CCOCC2)C1. The lowest BCUT2D eigenvalue weighted by atomic mass is 9.76. The van der Waals surface area contributed by atoms with Crippen LogP contribution in [-0.2, 0) is 14.3 Å². The minimum Gasteiger partial charge on any atom is -0.381 e. The lowest BCUT2D eigenvalue weighted by Gasteiger charge is -2.43. The Morgan fingerprint density at radius 3 is 2.53 bits per heavy atom. The quantitative estimate of drug-likeness (QED) is 0.791. The van der Waals surface area contributed by atoms with Crippen molar-refractivity contribution in [3.63, 3.8) is 0 Å². The number of ether oxygens (including phenoxy) is 2. The fourth-order valence-electron chi connectivity index (χ4n) is 2.87. The third-order valence-electron chi connectivity index (χ3n) is 3.90. The molecule has 2 N–H and O–H groups in total. The number of nitrogens with two attached hydrogens (primary N) is 1. The molecule has 4 nitrogen and oxygen atoms in total. The Bertz CT molecular complexity index is 284. The molecule has 2 heterocycles. The van der Waals surface area contributed by atoms with Gasteiger partial charge in [0.1, 0.15) is 0 Å². The molecule has 0 aromatic rings. The molecule has 1 atom stereocenters. The first kappa shape index (κ1) is 13.0. The molecule has 0 aliphatic carbocycles. The number of rotatable bonds is 2. The fraction of sp³-hybridized carbons (Fsp3) is 0.923. The highest BCUT2D eigenvalue weighted by Crippen LogP contribution is 2.38. The number of ketones is 1. The highest BCUT2D eigenvalue weighted by molar-refractivity contribution is 5.89. The van der Waals surface area contributed by atoms with E-state index in [1.54, 1.807) is 13.8 Å². The molecule has 2 fully saturated rings. The predicted octanol–water partition coefficient (Wildman–Crippen LogP) is 1.27. The van der Waals surface area contributed by atoms with Gasteiger partial charge in [0, 0.05) is 25.7 Å². The molecule has 2 rings (SSSR count). The van der Waals surface area contributed by atoms with E-state index in [0.717, 1.165) is 38.9 Å². The van der Waals surface area contributed by atoms with Crippen molar-refractivity contribution in [1.82, 2.24) is 0 Å². The third-order valence-corrected chi connectivity index (χ3v) is 3.90. The fourth-order valence-corrected chi connectivity index (χ4v) is 2.87. The van der Waals surface area contributed by atoms with Crippen LogP contribution in [0.15, 0.2) is 0 Å². The predicted molar refractivity (Wildman–Crippen MR) is 64.7 cm³/mol. The Balaban J connectivity index is 2.04. The van der Waals surface area contributed by atoms with E-state index in [1.807, 2.05) is 0 Å². The first-order chi connectivity index (χ1) is 7.93. The topological polar surface area (TPSA) is 61.6 Å². The van der Waals surface area contributed by atoms with Gasteiger partial charge in [0.15, 0.2) is 5.78 Å².